The lowest BCUT2D eigenvalue weighted by Crippen LogP contribution is -2.54. The minimum absolute atomic E-state index is 0.0853. The first-order chi connectivity index (χ1) is 12.2. The number of amides is 1. The van der Waals surface area contributed by atoms with E-state index in [1.807, 2.05) is 12.1 Å². The lowest BCUT2D eigenvalue weighted by Gasteiger charge is -2.40. The van der Waals surface area contributed by atoms with E-state index in [2.05, 4.69) is 29.3 Å². The molecule has 1 aromatic carbocycles. The van der Waals surface area contributed by atoms with Gasteiger partial charge in [0, 0.05) is 32.2 Å². The molecule has 1 heterocycles. The van der Waals surface area contributed by atoms with Crippen LogP contribution in [-0.4, -0.2) is 56.4 Å². The molecular weight excluding hydrogens is 316 g/mol. The van der Waals surface area contributed by atoms with E-state index in [0.717, 1.165) is 19.4 Å². The third-order valence-corrected chi connectivity index (χ3v) is 5.67. The molecular formula is C20H30N2O3. The van der Waals surface area contributed by atoms with E-state index in [0.29, 0.717) is 38.3 Å². The quantitative estimate of drug-likeness (QED) is 0.857. The molecule has 2 fully saturated rings. The fraction of sp³-hybridized carbons (Fsp3) is 0.650. The SMILES string of the molecule is COC1CCCC1C1COCCN1CC(=O)NCc1ccccc1C. The normalized spacial score (nSPS) is 27.4. The van der Waals surface area contributed by atoms with Crippen LogP contribution in [-0.2, 0) is 20.8 Å². The summed E-state index contributed by atoms with van der Waals surface area (Å²) in [5.41, 5.74) is 2.38. The van der Waals surface area contributed by atoms with Crippen LogP contribution in [0.15, 0.2) is 24.3 Å². The minimum atomic E-state index is 0.0853. The number of nitrogens with zero attached hydrogens (tertiary/aromatic N) is 1. The summed E-state index contributed by atoms with van der Waals surface area (Å²) in [6.45, 7) is 5.32. The third-order valence-electron chi connectivity index (χ3n) is 5.67. The molecule has 0 aromatic heterocycles. The van der Waals surface area contributed by atoms with Gasteiger partial charge >= 0.3 is 0 Å². The van der Waals surface area contributed by atoms with Gasteiger partial charge in [-0.15, -0.1) is 0 Å². The van der Waals surface area contributed by atoms with Gasteiger partial charge in [0.05, 0.1) is 25.9 Å². The van der Waals surface area contributed by atoms with E-state index in [9.17, 15) is 4.79 Å². The Kier molecular flexibility index (Phi) is 6.45. The van der Waals surface area contributed by atoms with Gasteiger partial charge in [-0.25, -0.2) is 0 Å². The molecule has 1 N–H and O–H groups in total. The van der Waals surface area contributed by atoms with E-state index in [1.54, 1.807) is 7.11 Å². The number of rotatable bonds is 6. The van der Waals surface area contributed by atoms with Crippen molar-refractivity contribution in [3.8, 4) is 0 Å². The molecule has 1 aliphatic heterocycles. The Hall–Kier alpha value is -1.43. The van der Waals surface area contributed by atoms with Crippen molar-refractivity contribution in [1.82, 2.24) is 10.2 Å². The molecule has 0 bridgehead atoms. The van der Waals surface area contributed by atoms with Gasteiger partial charge < -0.3 is 14.8 Å². The molecule has 138 valence electrons. The highest BCUT2D eigenvalue weighted by Crippen LogP contribution is 2.33. The predicted molar refractivity (Wildman–Crippen MR) is 97.3 cm³/mol. The molecule has 1 aromatic rings. The fourth-order valence-electron chi connectivity index (χ4n) is 4.18. The summed E-state index contributed by atoms with van der Waals surface area (Å²) >= 11 is 0. The van der Waals surface area contributed by atoms with Crippen LogP contribution in [0, 0.1) is 12.8 Å². The fourth-order valence-corrected chi connectivity index (χ4v) is 4.18. The molecule has 1 aliphatic carbocycles. The summed E-state index contributed by atoms with van der Waals surface area (Å²) in [5.74, 6) is 0.552. The van der Waals surface area contributed by atoms with Gasteiger partial charge in [-0.05, 0) is 30.9 Å². The van der Waals surface area contributed by atoms with Crippen molar-refractivity contribution < 1.29 is 14.3 Å². The molecule has 3 atom stereocenters. The van der Waals surface area contributed by atoms with Gasteiger partial charge in [0.2, 0.25) is 5.91 Å². The summed E-state index contributed by atoms with van der Waals surface area (Å²) < 4.78 is 11.4. The van der Waals surface area contributed by atoms with Gasteiger partial charge in [0.15, 0.2) is 0 Å². The first-order valence-corrected chi connectivity index (χ1v) is 9.35. The van der Waals surface area contributed by atoms with Crippen molar-refractivity contribution in [3.63, 3.8) is 0 Å². The molecule has 0 radical (unpaired) electrons. The van der Waals surface area contributed by atoms with Crippen LogP contribution in [0.25, 0.3) is 0 Å². The van der Waals surface area contributed by atoms with Crippen LogP contribution < -0.4 is 5.32 Å². The van der Waals surface area contributed by atoms with Crippen LogP contribution in [0.2, 0.25) is 0 Å². The number of morpholine rings is 1. The van der Waals surface area contributed by atoms with Gasteiger partial charge in [0.1, 0.15) is 0 Å². The van der Waals surface area contributed by atoms with Gasteiger partial charge in [0.25, 0.3) is 0 Å². The first kappa shape index (κ1) is 18.4. The van der Waals surface area contributed by atoms with Gasteiger partial charge in [-0.3, -0.25) is 9.69 Å². The molecule has 3 unspecified atom stereocenters. The number of methoxy groups -OCH3 is 1. The zero-order chi connectivity index (χ0) is 17.6. The largest absolute Gasteiger partial charge is 0.381 e. The molecule has 1 amide bonds. The molecule has 1 saturated carbocycles. The van der Waals surface area contributed by atoms with E-state index in [-0.39, 0.29) is 11.9 Å². The van der Waals surface area contributed by atoms with Crippen molar-refractivity contribution in [2.24, 2.45) is 5.92 Å². The third kappa shape index (κ3) is 4.60. The van der Waals surface area contributed by atoms with Gasteiger partial charge in [-0.2, -0.15) is 0 Å². The van der Waals surface area contributed by atoms with E-state index in [1.165, 1.54) is 17.5 Å². The second-order valence-electron chi connectivity index (χ2n) is 7.18. The van der Waals surface area contributed by atoms with Crippen molar-refractivity contribution in [3.05, 3.63) is 35.4 Å². The Labute approximate surface area is 150 Å². The molecule has 3 rings (SSSR count). The van der Waals surface area contributed by atoms with Gasteiger partial charge in [-0.1, -0.05) is 30.7 Å². The van der Waals surface area contributed by atoms with E-state index < -0.39 is 0 Å². The first-order valence-electron chi connectivity index (χ1n) is 9.35. The monoisotopic (exact) mass is 346 g/mol. The van der Waals surface area contributed by atoms with Crippen molar-refractivity contribution in [2.75, 3.05) is 33.4 Å². The highest BCUT2D eigenvalue weighted by Gasteiger charge is 2.38. The molecule has 2 aliphatic rings. The highest BCUT2D eigenvalue weighted by molar-refractivity contribution is 5.78. The van der Waals surface area contributed by atoms with Crippen LogP contribution in [0.5, 0.6) is 0 Å². The number of hydrogen-bond donors (Lipinski definition) is 1. The second-order valence-corrected chi connectivity index (χ2v) is 7.18. The van der Waals surface area contributed by atoms with Crippen molar-refractivity contribution in [2.45, 2.75) is 44.9 Å². The minimum Gasteiger partial charge on any atom is -0.381 e. The van der Waals surface area contributed by atoms with E-state index >= 15 is 0 Å². The maximum absolute atomic E-state index is 12.5. The summed E-state index contributed by atoms with van der Waals surface area (Å²) in [7, 11) is 1.80. The zero-order valence-corrected chi connectivity index (χ0v) is 15.4. The number of aryl methyl sites for hydroxylation is 1. The average molecular weight is 346 g/mol. The summed E-state index contributed by atoms with van der Waals surface area (Å²) in [6, 6.07) is 8.45. The number of benzene rings is 1. The van der Waals surface area contributed by atoms with E-state index in [4.69, 9.17) is 9.47 Å². The summed E-state index contributed by atoms with van der Waals surface area (Å²) in [6.07, 6.45) is 3.77. The Bertz CT molecular complexity index is 578. The molecule has 5 heteroatoms. The van der Waals surface area contributed by atoms with Crippen LogP contribution in [0.1, 0.15) is 30.4 Å². The topological polar surface area (TPSA) is 50.8 Å². The van der Waals surface area contributed by atoms with Crippen molar-refractivity contribution in [1.29, 1.82) is 0 Å². The Balaban J connectivity index is 1.56. The predicted octanol–water partition coefficient (Wildman–Crippen LogP) is 2.13. The number of ether oxygens (including phenoxy) is 2. The highest BCUT2D eigenvalue weighted by atomic mass is 16.5. The summed E-state index contributed by atoms with van der Waals surface area (Å²) in [5, 5.41) is 3.07. The molecule has 25 heavy (non-hydrogen) atoms. The van der Waals surface area contributed by atoms with Crippen LogP contribution >= 0.6 is 0 Å². The summed E-state index contributed by atoms with van der Waals surface area (Å²) in [4.78, 5) is 14.8. The second kappa shape index (κ2) is 8.79. The molecule has 0 spiro atoms. The van der Waals surface area contributed by atoms with Crippen molar-refractivity contribution >= 4 is 5.91 Å². The standard InChI is InChI=1S/C20H30N2O3/c1-15-6-3-4-7-16(15)12-21-20(23)13-22-10-11-25-14-18(22)17-8-5-9-19(17)24-2/h3-4,6-7,17-19H,5,8-14H2,1-2H3,(H,21,23). The lowest BCUT2D eigenvalue weighted by molar-refractivity contribution is -0.126. The molecule has 1 saturated heterocycles. The van der Waals surface area contributed by atoms with Crippen LogP contribution in [0.3, 0.4) is 0 Å². The molecule has 5 nitrogen and oxygen atoms in total. The number of carbonyl (C=O) groups is 1. The number of carbonyl (C=O) groups excluding carboxylic acids is 1. The Morgan fingerprint density at radius 1 is 1.36 bits per heavy atom. The lowest BCUT2D eigenvalue weighted by atomic mass is 9.94. The maximum atomic E-state index is 12.5. The van der Waals surface area contributed by atoms with Crippen LogP contribution in [0.4, 0.5) is 0 Å². The Morgan fingerprint density at radius 2 is 2.20 bits per heavy atom. The maximum Gasteiger partial charge on any atom is 0.234 e. The Morgan fingerprint density at radius 3 is 3.00 bits per heavy atom. The number of nitrogens with one attached hydrogen (secondary N) is 1. The smallest absolute Gasteiger partial charge is 0.234 e. The number of hydrogen-bond acceptors (Lipinski definition) is 4. The average Bonchev–Trinajstić information content (AvgIpc) is 3.10. The zero-order valence-electron chi connectivity index (χ0n) is 15.4.